The Bertz CT molecular complexity index is 1160. The van der Waals surface area contributed by atoms with Crippen LogP contribution in [0.4, 0.5) is 5.69 Å². The normalized spacial score (nSPS) is 12.6. The molecule has 3 rings (SSSR count). The SMILES string of the molecule is Cc1ccc(-c2nnc(SC(C)C(=O)Nc3cccc(S(N)(=O)=O)c3)o2)cc1C. The fourth-order valence-corrected chi connectivity index (χ4v) is 3.69. The number of hydrogen-bond donors (Lipinski definition) is 2. The van der Waals surface area contributed by atoms with Gasteiger partial charge in [-0.1, -0.05) is 23.9 Å². The molecule has 1 heterocycles. The summed E-state index contributed by atoms with van der Waals surface area (Å²) in [6.45, 7) is 5.71. The van der Waals surface area contributed by atoms with E-state index in [0.717, 1.165) is 22.9 Å². The molecule has 0 fully saturated rings. The third kappa shape index (κ3) is 5.22. The Balaban J connectivity index is 1.67. The lowest BCUT2D eigenvalue weighted by Gasteiger charge is -2.10. The number of amides is 1. The first-order valence-electron chi connectivity index (χ1n) is 8.65. The molecule has 0 radical (unpaired) electrons. The average Bonchev–Trinajstić information content (AvgIpc) is 3.12. The molecule has 0 aliphatic carbocycles. The van der Waals surface area contributed by atoms with E-state index in [4.69, 9.17) is 9.56 Å². The van der Waals surface area contributed by atoms with Crippen LogP contribution in [0.1, 0.15) is 18.1 Å². The van der Waals surface area contributed by atoms with Crippen LogP contribution >= 0.6 is 11.8 Å². The van der Waals surface area contributed by atoms with Crippen molar-refractivity contribution in [3.63, 3.8) is 0 Å². The summed E-state index contributed by atoms with van der Waals surface area (Å²) in [7, 11) is -3.85. The first-order chi connectivity index (χ1) is 13.6. The minimum Gasteiger partial charge on any atom is -0.411 e. The molecule has 1 unspecified atom stereocenters. The van der Waals surface area contributed by atoms with Gasteiger partial charge < -0.3 is 9.73 Å². The van der Waals surface area contributed by atoms with Crippen LogP contribution in [0.15, 0.2) is 57.0 Å². The fraction of sp³-hybridized carbons (Fsp3) is 0.211. The molecule has 2 aromatic carbocycles. The van der Waals surface area contributed by atoms with Gasteiger partial charge >= 0.3 is 0 Å². The zero-order chi connectivity index (χ0) is 21.2. The second-order valence-electron chi connectivity index (χ2n) is 6.49. The Kier molecular flexibility index (Phi) is 6.06. The highest BCUT2D eigenvalue weighted by Crippen LogP contribution is 2.28. The molecule has 29 heavy (non-hydrogen) atoms. The Morgan fingerprint density at radius 2 is 1.90 bits per heavy atom. The van der Waals surface area contributed by atoms with Gasteiger partial charge in [0, 0.05) is 11.3 Å². The summed E-state index contributed by atoms with van der Waals surface area (Å²) in [6, 6.07) is 11.6. The topological polar surface area (TPSA) is 128 Å². The van der Waals surface area contributed by atoms with Crippen molar-refractivity contribution in [2.24, 2.45) is 5.14 Å². The number of carbonyl (C=O) groups excluding carboxylic acids is 1. The number of sulfonamides is 1. The molecular weight excluding hydrogens is 412 g/mol. The molecular formula is C19H20N4O4S2. The summed E-state index contributed by atoms with van der Waals surface area (Å²) < 4.78 is 28.5. The van der Waals surface area contributed by atoms with Crippen LogP contribution in [0.3, 0.4) is 0 Å². The Morgan fingerprint density at radius 3 is 2.59 bits per heavy atom. The van der Waals surface area contributed by atoms with Gasteiger partial charge in [-0.05, 0) is 62.2 Å². The van der Waals surface area contributed by atoms with Gasteiger partial charge in [0.2, 0.25) is 21.8 Å². The summed E-state index contributed by atoms with van der Waals surface area (Å²) >= 11 is 1.11. The standard InChI is InChI=1S/C19H20N4O4S2/c1-11-7-8-14(9-12(11)2)18-22-23-19(27-18)28-13(3)17(24)21-15-5-4-6-16(10-15)29(20,25)26/h4-10,13H,1-3H3,(H,21,24)(H2,20,25,26). The molecule has 8 nitrogen and oxygen atoms in total. The van der Waals surface area contributed by atoms with Crippen LogP contribution < -0.4 is 10.5 Å². The van der Waals surface area contributed by atoms with Crippen LogP contribution in [-0.2, 0) is 14.8 Å². The Labute approximate surface area is 173 Å². The first-order valence-corrected chi connectivity index (χ1v) is 11.1. The number of thioether (sulfide) groups is 1. The van der Waals surface area contributed by atoms with Gasteiger partial charge in [-0.15, -0.1) is 10.2 Å². The van der Waals surface area contributed by atoms with Gasteiger partial charge in [0.05, 0.1) is 10.1 Å². The van der Waals surface area contributed by atoms with Crippen molar-refractivity contribution in [1.82, 2.24) is 10.2 Å². The predicted octanol–water partition coefficient (Wildman–Crippen LogP) is 3.12. The maximum absolute atomic E-state index is 12.4. The molecule has 10 heteroatoms. The van der Waals surface area contributed by atoms with Crippen LogP contribution in [0.5, 0.6) is 0 Å². The Morgan fingerprint density at radius 1 is 1.14 bits per heavy atom. The minimum atomic E-state index is -3.85. The van der Waals surface area contributed by atoms with Crippen LogP contribution in [0.2, 0.25) is 0 Å². The highest BCUT2D eigenvalue weighted by Gasteiger charge is 2.19. The Hall–Kier alpha value is -2.69. The molecule has 0 aliphatic heterocycles. The van der Waals surface area contributed by atoms with Crippen LogP contribution in [0, 0.1) is 13.8 Å². The number of nitrogens with one attached hydrogen (secondary N) is 1. The molecule has 152 valence electrons. The molecule has 1 amide bonds. The third-order valence-corrected chi connectivity index (χ3v) is 6.08. The number of primary sulfonamides is 1. The molecule has 0 aliphatic rings. The van der Waals surface area contributed by atoms with Crippen molar-refractivity contribution >= 4 is 33.4 Å². The van der Waals surface area contributed by atoms with E-state index in [1.54, 1.807) is 13.0 Å². The monoisotopic (exact) mass is 432 g/mol. The molecule has 1 atom stereocenters. The zero-order valence-electron chi connectivity index (χ0n) is 16.0. The van der Waals surface area contributed by atoms with Crippen LogP contribution in [-0.4, -0.2) is 29.8 Å². The second-order valence-corrected chi connectivity index (χ2v) is 9.35. The number of benzene rings is 2. The third-order valence-electron chi connectivity index (χ3n) is 4.24. The maximum atomic E-state index is 12.4. The van der Waals surface area contributed by atoms with Gasteiger partial charge in [-0.3, -0.25) is 4.79 Å². The summed E-state index contributed by atoms with van der Waals surface area (Å²) in [4.78, 5) is 12.4. The van der Waals surface area contributed by atoms with E-state index in [2.05, 4.69) is 15.5 Å². The predicted molar refractivity (Wildman–Crippen MR) is 111 cm³/mol. The van der Waals surface area contributed by atoms with Crippen molar-refractivity contribution in [2.45, 2.75) is 36.1 Å². The van der Waals surface area contributed by atoms with E-state index in [-0.39, 0.29) is 16.0 Å². The van der Waals surface area contributed by atoms with Crippen molar-refractivity contribution in [1.29, 1.82) is 0 Å². The average molecular weight is 433 g/mol. The van der Waals surface area contributed by atoms with Crippen molar-refractivity contribution in [3.05, 3.63) is 53.6 Å². The van der Waals surface area contributed by atoms with Crippen molar-refractivity contribution in [3.8, 4) is 11.5 Å². The summed E-state index contributed by atoms with van der Waals surface area (Å²) in [5.41, 5.74) is 3.42. The fourth-order valence-electron chi connectivity index (χ4n) is 2.45. The first kappa shape index (κ1) is 21.0. The quantitative estimate of drug-likeness (QED) is 0.573. The minimum absolute atomic E-state index is 0.0782. The second kappa shape index (κ2) is 8.36. The van der Waals surface area contributed by atoms with E-state index >= 15 is 0 Å². The highest BCUT2D eigenvalue weighted by molar-refractivity contribution is 8.00. The molecule has 0 saturated carbocycles. The number of anilines is 1. The maximum Gasteiger partial charge on any atom is 0.277 e. The van der Waals surface area contributed by atoms with E-state index in [1.807, 2.05) is 32.0 Å². The van der Waals surface area contributed by atoms with Gasteiger partial charge in [0.15, 0.2) is 0 Å². The molecule has 0 saturated heterocycles. The van der Waals surface area contributed by atoms with E-state index in [0.29, 0.717) is 11.6 Å². The zero-order valence-corrected chi connectivity index (χ0v) is 17.7. The van der Waals surface area contributed by atoms with Gasteiger partial charge in [-0.25, -0.2) is 13.6 Å². The number of aryl methyl sites for hydroxylation is 2. The van der Waals surface area contributed by atoms with Crippen LogP contribution in [0.25, 0.3) is 11.5 Å². The number of nitrogens with two attached hydrogens (primary N) is 1. The number of nitrogens with zero attached hydrogens (tertiary/aromatic N) is 2. The summed E-state index contributed by atoms with van der Waals surface area (Å²) in [5.74, 6) is 0.0385. The van der Waals surface area contributed by atoms with Gasteiger partial charge in [0.1, 0.15) is 0 Å². The molecule has 0 spiro atoms. The largest absolute Gasteiger partial charge is 0.411 e. The van der Waals surface area contributed by atoms with Gasteiger partial charge in [0.25, 0.3) is 5.22 Å². The summed E-state index contributed by atoms with van der Waals surface area (Å²) in [6.07, 6.45) is 0. The number of carbonyl (C=O) groups is 1. The molecule has 1 aromatic heterocycles. The van der Waals surface area contributed by atoms with E-state index in [1.165, 1.54) is 23.8 Å². The van der Waals surface area contributed by atoms with Gasteiger partial charge in [-0.2, -0.15) is 0 Å². The molecule has 3 aromatic rings. The van der Waals surface area contributed by atoms with E-state index in [9.17, 15) is 13.2 Å². The summed E-state index contributed by atoms with van der Waals surface area (Å²) in [5, 5.41) is 15.5. The van der Waals surface area contributed by atoms with Crippen molar-refractivity contribution < 1.29 is 17.6 Å². The van der Waals surface area contributed by atoms with Crippen molar-refractivity contribution in [2.75, 3.05) is 5.32 Å². The van der Waals surface area contributed by atoms with E-state index < -0.39 is 15.3 Å². The molecule has 0 bridgehead atoms. The highest BCUT2D eigenvalue weighted by atomic mass is 32.2. The lowest BCUT2D eigenvalue weighted by molar-refractivity contribution is -0.115. The number of rotatable bonds is 6. The lowest BCUT2D eigenvalue weighted by Crippen LogP contribution is -2.22. The molecule has 3 N–H and O–H groups in total. The number of aromatic nitrogens is 2. The smallest absolute Gasteiger partial charge is 0.277 e. The lowest BCUT2D eigenvalue weighted by atomic mass is 10.1. The number of hydrogen-bond acceptors (Lipinski definition) is 7.